The zero-order valence-electron chi connectivity index (χ0n) is 24.2. The molecule has 2 fully saturated rings. The average Bonchev–Trinajstić information content (AvgIpc) is 3.63. The molecule has 12 nitrogen and oxygen atoms in total. The molecule has 0 radical (unpaired) electrons. The number of carboxylic acid groups (broad SMARTS) is 1. The van der Waals surface area contributed by atoms with Crippen LogP contribution in [-0.4, -0.2) is 88.9 Å². The van der Waals surface area contributed by atoms with Crippen LogP contribution in [0, 0.1) is 12.7 Å². The Morgan fingerprint density at radius 3 is 2.66 bits per heavy atom. The van der Waals surface area contributed by atoms with Crippen molar-refractivity contribution in [1.29, 1.82) is 0 Å². The van der Waals surface area contributed by atoms with Crippen LogP contribution in [0.1, 0.15) is 49.4 Å². The SMILES string of the molecule is Cc1c(F)cccc1C1N=C(c2nccs2)NC(CN2CC(F)(F)[C@H]3[C@@H]2CCN3S(=O)(=O)NC(=O)OC(C)(C)C)=C1C(=O)O. The molecule has 5 rings (SSSR count). The van der Waals surface area contributed by atoms with Crippen LogP contribution < -0.4 is 10.0 Å². The van der Waals surface area contributed by atoms with Gasteiger partial charge in [0.05, 0.1) is 12.1 Å². The first-order valence-electron chi connectivity index (χ1n) is 13.6. The molecule has 3 aliphatic heterocycles. The number of thiazole rings is 1. The molecule has 238 valence electrons. The molecular weight excluding hydrogens is 625 g/mol. The zero-order chi connectivity index (χ0) is 32.2. The number of nitrogens with one attached hydrogen (secondary N) is 2. The molecule has 1 aromatic heterocycles. The molecule has 2 saturated heterocycles. The van der Waals surface area contributed by atoms with E-state index in [0.717, 1.165) is 0 Å². The highest BCUT2D eigenvalue weighted by Gasteiger charge is 2.62. The van der Waals surface area contributed by atoms with Crippen molar-refractivity contribution in [3.8, 4) is 0 Å². The van der Waals surface area contributed by atoms with Crippen LogP contribution in [0.25, 0.3) is 0 Å². The number of aromatic nitrogens is 1. The second-order valence-corrected chi connectivity index (χ2v) is 14.2. The Hall–Kier alpha value is -3.54. The molecule has 1 aromatic carbocycles. The maximum absolute atomic E-state index is 15.6. The van der Waals surface area contributed by atoms with Crippen LogP contribution in [0.15, 0.2) is 46.0 Å². The molecule has 1 unspecified atom stereocenters. The van der Waals surface area contributed by atoms with Crippen molar-refractivity contribution in [1.82, 2.24) is 24.2 Å². The number of hydrogen-bond acceptors (Lipinski definition) is 10. The van der Waals surface area contributed by atoms with E-state index in [1.165, 1.54) is 62.3 Å². The Labute approximate surface area is 255 Å². The highest BCUT2D eigenvalue weighted by atomic mass is 32.2. The van der Waals surface area contributed by atoms with Gasteiger partial charge < -0.3 is 15.2 Å². The van der Waals surface area contributed by atoms with Crippen LogP contribution in [0.5, 0.6) is 0 Å². The van der Waals surface area contributed by atoms with Crippen LogP contribution in [0.3, 0.4) is 0 Å². The lowest BCUT2D eigenvalue weighted by molar-refractivity contribution is -0.133. The number of amidine groups is 1. The first-order chi connectivity index (χ1) is 20.5. The normalized spacial score (nSPS) is 24.1. The van der Waals surface area contributed by atoms with E-state index in [9.17, 15) is 27.5 Å². The lowest BCUT2D eigenvalue weighted by Gasteiger charge is -2.30. The summed E-state index contributed by atoms with van der Waals surface area (Å²) in [6, 6.07) is 0.197. The van der Waals surface area contributed by atoms with Gasteiger partial charge in [-0.2, -0.15) is 12.7 Å². The third-order valence-electron chi connectivity index (χ3n) is 7.51. The number of fused-ring (bicyclic) bond motifs is 1. The number of amides is 1. The van der Waals surface area contributed by atoms with Crippen molar-refractivity contribution < 1.29 is 41.0 Å². The molecule has 2 aromatic rings. The third-order valence-corrected chi connectivity index (χ3v) is 9.74. The molecule has 3 aliphatic rings. The molecular formula is C27H31F3N6O6S2. The Bertz CT molecular complexity index is 1640. The van der Waals surface area contributed by atoms with Gasteiger partial charge in [0, 0.05) is 36.4 Å². The Morgan fingerprint density at radius 1 is 1.30 bits per heavy atom. The summed E-state index contributed by atoms with van der Waals surface area (Å²) in [5, 5.41) is 15.4. The molecule has 4 heterocycles. The number of hydrogen-bond donors (Lipinski definition) is 3. The smallest absolute Gasteiger partial charge is 0.422 e. The van der Waals surface area contributed by atoms with E-state index in [1.807, 2.05) is 0 Å². The van der Waals surface area contributed by atoms with Gasteiger partial charge in [-0.05, 0) is 51.3 Å². The molecule has 0 aliphatic carbocycles. The summed E-state index contributed by atoms with van der Waals surface area (Å²) in [5.74, 6) is -5.31. The minimum atomic E-state index is -4.71. The number of rotatable bonds is 7. The minimum absolute atomic E-state index is 0.00890. The predicted molar refractivity (Wildman–Crippen MR) is 154 cm³/mol. The molecule has 3 atom stereocenters. The minimum Gasteiger partial charge on any atom is -0.478 e. The lowest BCUT2D eigenvalue weighted by Crippen LogP contribution is -2.53. The number of nitrogens with zero attached hydrogens (tertiary/aromatic N) is 4. The van der Waals surface area contributed by atoms with E-state index < -0.39 is 64.3 Å². The number of ether oxygens (including phenoxy) is 1. The first kappa shape index (κ1) is 31.9. The van der Waals surface area contributed by atoms with Crippen LogP contribution in [-0.2, 0) is 19.7 Å². The molecule has 3 N–H and O–H groups in total. The fraction of sp³-hybridized carbons (Fsp3) is 0.481. The average molecular weight is 657 g/mol. The van der Waals surface area contributed by atoms with Gasteiger partial charge >= 0.3 is 22.3 Å². The van der Waals surface area contributed by atoms with Gasteiger partial charge in [-0.15, -0.1) is 11.3 Å². The van der Waals surface area contributed by atoms with Crippen molar-refractivity contribution in [3.05, 3.63) is 63.0 Å². The number of alkyl halides is 2. The van der Waals surface area contributed by atoms with Gasteiger partial charge in [0.15, 0.2) is 10.8 Å². The number of carboxylic acids is 1. The van der Waals surface area contributed by atoms with Crippen molar-refractivity contribution in [2.24, 2.45) is 4.99 Å². The molecule has 44 heavy (non-hydrogen) atoms. The molecule has 1 amide bonds. The van der Waals surface area contributed by atoms with E-state index in [4.69, 9.17) is 4.74 Å². The van der Waals surface area contributed by atoms with Gasteiger partial charge in [0.25, 0.3) is 5.92 Å². The Kier molecular flexibility index (Phi) is 8.28. The summed E-state index contributed by atoms with van der Waals surface area (Å²) in [5.41, 5.74) is -0.782. The summed E-state index contributed by atoms with van der Waals surface area (Å²) in [4.78, 5) is 35.0. The lowest BCUT2D eigenvalue weighted by atomic mass is 9.92. The van der Waals surface area contributed by atoms with Gasteiger partial charge in [-0.25, -0.2) is 32.5 Å². The first-order valence-corrected chi connectivity index (χ1v) is 15.9. The highest BCUT2D eigenvalue weighted by molar-refractivity contribution is 7.87. The largest absolute Gasteiger partial charge is 0.478 e. The molecule has 0 bridgehead atoms. The highest BCUT2D eigenvalue weighted by Crippen LogP contribution is 2.43. The zero-order valence-corrected chi connectivity index (χ0v) is 25.8. The number of halogens is 3. The van der Waals surface area contributed by atoms with E-state index in [-0.39, 0.29) is 47.7 Å². The van der Waals surface area contributed by atoms with Gasteiger partial charge in [0.2, 0.25) is 0 Å². The van der Waals surface area contributed by atoms with E-state index >= 15 is 8.78 Å². The molecule has 17 heteroatoms. The van der Waals surface area contributed by atoms with Gasteiger partial charge in [-0.1, -0.05) is 12.1 Å². The van der Waals surface area contributed by atoms with Crippen LogP contribution in [0.2, 0.25) is 0 Å². The maximum atomic E-state index is 15.6. The molecule has 0 saturated carbocycles. The van der Waals surface area contributed by atoms with Crippen molar-refractivity contribution >= 4 is 39.4 Å². The monoisotopic (exact) mass is 656 g/mol. The van der Waals surface area contributed by atoms with E-state index in [2.05, 4.69) is 15.3 Å². The standard InChI is InChI=1S/C27H31F3N6O6S2/c1-14-15(6-5-7-16(14)28)20-19(24(37)38)17(32-22(33-20)23-31-9-11-43-23)12-35-13-27(29,30)21-18(35)8-10-36(21)44(40,41)34-25(39)42-26(2,3)4/h5-7,9,11,18,20-21H,8,10,12-13H2,1-4H3,(H,32,33)(H,34,39)(H,37,38)/t18-,20?,21+/m0/s1. The number of likely N-dealkylation sites (tertiary alicyclic amines) is 1. The fourth-order valence-corrected chi connectivity index (χ4v) is 7.68. The third kappa shape index (κ3) is 6.18. The summed E-state index contributed by atoms with van der Waals surface area (Å²) in [7, 11) is -4.71. The number of carbonyl (C=O) groups is 2. The topological polar surface area (TPSA) is 154 Å². The number of aliphatic imine (C=N–C) groups is 1. The van der Waals surface area contributed by atoms with Gasteiger partial charge in [0.1, 0.15) is 23.5 Å². The van der Waals surface area contributed by atoms with E-state index in [1.54, 1.807) is 16.2 Å². The molecule has 0 spiro atoms. The second kappa shape index (κ2) is 11.4. The number of aliphatic carboxylic acids is 1. The van der Waals surface area contributed by atoms with Crippen LogP contribution >= 0.6 is 11.3 Å². The van der Waals surface area contributed by atoms with Crippen molar-refractivity contribution in [3.63, 3.8) is 0 Å². The fourth-order valence-electron chi connectivity index (χ4n) is 5.78. The van der Waals surface area contributed by atoms with Crippen molar-refractivity contribution in [2.75, 3.05) is 19.6 Å². The summed E-state index contributed by atoms with van der Waals surface area (Å²) in [6.45, 7) is 4.55. The summed E-state index contributed by atoms with van der Waals surface area (Å²) >= 11 is 1.21. The van der Waals surface area contributed by atoms with Crippen LogP contribution in [0.4, 0.5) is 18.0 Å². The van der Waals surface area contributed by atoms with E-state index in [0.29, 0.717) is 9.31 Å². The quantitative estimate of drug-likeness (QED) is 0.408. The second-order valence-electron chi connectivity index (χ2n) is 11.7. The summed E-state index contributed by atoms with van der Waals surface area (Å²) < 4.78 is 79.1. The van der Waals surface area contributed by atoms with Gasteiger partial charge in [-0.3, -0.25) is 9.89 Å². The summed E-state index contributed by atoms with van der Waals surface area (Å²) in [6.07, 6.45) is 0.215. The predicted octanol–water partition coefficient (Wildman–Crippen LogP) is 3.18. The Balaban J connectivity index is 1.48. The number of benzene rings is 1. The van der Waals surface area contributed by atoms with Crippen molar-refractivity contribution in [2.45, 2.75) is 63.8 Å². The Morgan fingerprint density at radius 2 is 2.02 bits per heavy atom. The number of carbonyl (C=O) groups excluding carboxylic acids is 1. The maximum Gasteiger partial charge on any atom is 0.422 e.